The van der Waals surface area contributed by atoms with Crippen LogP contribution in [0.4, 0.5) is 23.1 Å². The second-order valence-electron chi connectivity index (χ2n) is 11.1. The third-order valence-corrected chi connectivity index (χ3v) is 8.86. The molecule has 4 fully saturated rings. The Morgan fingerprint density at radius 1 is 1.23 bits per heavy atom. The van der Waals surface area contributed by atoms with E-state index in [-0.39, 0.29) is 11.4 Å². The maximum absolute atomic E-state index is 12.7. The SMILES string of the molecule is C=C1N(C)c2cnc(Nc3cn4ncnc4cc3C)nc2N1C12CC3CC(CC(C(N)=O)(C3)C1)C2. The zero-order valence-electron chi connectivity index (χ0n) is 20.0. The molecule has 180 valence electrons. The Bertz CT molecular complexity index is 1400. The molecule has 0 radical (unpaired) electrons. The van der Waals surface area contributed by atoms with E-state index in [1.54, 1.807) is 4.52 Å². The molecule has 8 rings (SSSR count). The summed E-state index contributed by atoms with van der Waals surface area (Å²) in [5.41, 5.74) is 9.02. The number of nitrogens with zero attached hydrogens (tertiary/aromatic N) is 7. The lowest BCUT2D eigenvalue weighted by atomic mass is 9.46. The van der Waals surface area contributed by atoms with Crippen molar-refractivity contribution >= 4 is 34.7 Å². The molecule has 4 aliphatic carbocycles. The van der Waals surface area contributed by atoms with E-state index in [1.807, 2.05) is 32.4 Å². The standard InChI is InChI=1S/C25H29N9O/c1-14-4-20-28-13-29-33(20)11-18(14)30-23-27-10-19-21(31-23)34(15(2)32(19)3)25-8-16-5-17(9-25)7-24(6-16,12-25)22(26)35/h4,10-11,13,16-17H,2,5-9,12H2,1,3H3,(H2,26,35)(H,27,30,31). The molecule has 3 aromatic rings. The summed E-state index contributed by atoms with van der Waals surface area (Å²) >= 11 is 0. The average Bonchev–Trinajstić information content (AvgIpc) is 3.34. The number of pyridine rings is 1. The zero-order valence-corrected chi connectivity index (χ0v) is 20.0. The first-order valence-corrected chi connectivity index (χ1v) is 12.2. The fourth-order valence-electron chi connectivity index (χ4n) is 7.71. The number of carbonyl (C=O) groups excluding carboxylic acids is 1. The van der Waals surface area contributed by atoms with Crippen molar-refractivity contribution in [1.82, 2.24) is 24.6 Å². The molecule has 4 bridgehead atoms. The van der Waals surface area contributed by atoms with Crippen molar-refractivity contribution in [2.45, 2.75) is 51.0 Å². The van der Waals surface area contributed by atoms with Crippen LogP contribution in [0.1, 0.15) is 44.1 Å². The number of carbonyl (C=O) groups is 1. The van der Waals surface area contributed by atoms with Crippen LogP contribution in [0.2, 0.25) is 0 Å². The monoisotopic (exact) mass is 471 g/mol. The minimum atomic E-state index is -0.413. The Kier molecular flexibility index (Phi) is 3.96. The fraction of sp³-hybridized carbons (Fsp3) is 0.480. The van der Waals surface area contributed by atoms with Gasteiger partial charge in [0.25, 0.3) is 0 Å². The Hall–Kier alpha value is -3.69. The van der Waals surface area contributed by atoms with Crippen molar-refractivity contribution in [3.05, 3.63) is 42.8 Å². The minimum Gasteiger partial charge on any atom is -0.369 e. The number of hydrogen-bond acceptors (Lipinski definition) is 8. The second-order valence-corrected chi connectivity index (χ2v) is 11.1. The maximum atomic E-state index is 12.7. The Balaban J connectivity index is 1.29. The fourth-order valence-corrected chi connectivity index (χ4v) is 7.71. The van der Waals surface area contributed by atoms with Crippen molar-refractivity contribution in [3.8, 4) is 0 Å². The van der Waals surface area contributed by atoms with Crippen LogP contribution in [0.15, 0.2) is 37.2 Å². The van der Waals surface area contributed by atoms with E-state index in [9.17, 15) is 4.79 Å². The van der Waals surface area contributed by atoms with Crippen molar-refractivity contribution in [3.63, 3.8) is 0 Å². The van der Waals surface area contributed by atoms with E-state index in [2.05, 4.69) is 36.8 Å². The van der Waals surface area contributed by atoms with Crippen LogP contribution < -0.4 is 20.9 Å². The molecule has 1 aliphatic heterocycles. The molecule has 3 N–H and O–H groups in total. The summed E-state index contributed by atoms with van der Waals surface area (Å²) in [6, 6.07) is 1.98. The van der Waals surface area contributed by atoms with Gasteiger partial charge in [0.15, 0.2) is 11.5 Å². The molecule has 10 nitrogen and oxygen atoms in total. The van der Waals surface area contributed by atoms with Gasteiger partial charge in [-0.05, 0) is 68.9 Å². The highest BCUT2D eigenvalue weighted by Gasteiger charge is 2.63. The number of aromatic nitrogens is 5. The smallest absolute Gasteiger partial charge is 0.229 e. The van der Waals surface area contributed by atoms with Crippen LogP contribution in [0, 0.1) is 24.2 Å². The molecule has 10 heteroatoms. The molecule has 35 heavy (non-hydrogen) atoms. The van der Waals surface area contributed by atoms with Crippen LogP contribution in [-0.4, -0.2) is 43.1 Å². The maximum Gasteiger partial charge on any atom is 0.229 e. The third kappa shape index (κ3) is 2.79. The highest BCUT2D eigenvalue weighted by molar-refractivity contribution is 5.84. The van der Waals surface area contributed by atoms with Crippen LogP contribution in [0.3, 0.4) is 0 Å². The van der Waals surface area contributed by atoms with Gasteiger partial charge in [0.05, 0.1) is 23.5 Å². The predicted octanol–water partition coefficient (Wildman–Crippen LogP) is 3.12. The molecule has 5 aliphatic rings. The van der Waals surface area contributed by atoms with E-state index < -0.39 is 5.41 Å². The number of aryl methyl sites for hydroxylation is 1. The Morgan fingerprint density at radius 3 is 2.74 bits per heavy atom. The summed E-state index contributed by atoms with van der Waals surface area (Å²) in [5, 5.41) is 7.61. The molecule has 0 aromatic carbocycles. The molecular formula is C25H29N9O. The zero-order chi connectivity index (χ0) is 24.1. The molecule has 1 amide bonds. The number of primary amides is 1. The Labute approximate surface area is 203 Å². The summed E-state index contributed by atoms with van der Waals surface area (Å²) in [5.74, 6) is 3.13. The van der Waals surface area contributed by atoms with Gasteiger partial charge in [0, 0.05) is 12.6 Å². The van der Waals surface area contributed by atoms with E-state index in [4.69, 9.17) is 10.7 Å². The Morgan fingerprint density at radius 2 is 2.00 bits per heavy atom. The predicted molar refractivity (Wildman–Crippen MR) is 132 cm³/mol. The second kappa shape index (κ2) is 6.71. The molecule has 2 unspecified atom stereocenters. The van der Waals surface area contributed by atoms with Gasteiger partial charge in [0.1, 0.15) is 17.8 Å². The molecule has 4 saturated carbocycles. The van der Waals surface area contributed by atoms with E-state index in [0.29, 0.717) is 17.8 Å². The van der Waals surface area contributed by atoms with E-state index >= 15 is 0 Å². The average molecular weight is 472 g/mol. The van der Waals surface area contributed by atoms with Gasteiger partial charge >= 0.3 is 0 Å². The van der Waals surface area contributed by atoms with Crippen LogP contribution in [0.25, 0.3) is 5.65 Å². The molecular weight excluding hydrogens is 442 g/mol. The van der Waals surface area contributed by atoms with Gasteiger partial charge in [-0.25, -0.2) is 14.5 Å². The lowest BCUT2D eigenvalue weighted by Crippen LogP contribution is -2.65. The van der Waals surface area contributed by atoms with E-state index in [1.165, 1.54) is 12.7 Å². The van der Waals surface area contributed by atoms with Crippen LogP contribution in [-0.2, 0) is 4.79 Å². The van der Waals surface area contributed by atoms with Crippen molar-refractivity contribution < 1.29 is 4.79 Å². The molecule has 4 heterocycles. The topological polar surface area (TPSA) is 118 Å². The first-order valence-electron chi connectivity index (χ1n) is 12.2. The summed E-state index contributed by atoms with van der Waals surface area (Å²) < 4.78 is 1.73. The number of fused-ring (bicyclic) bond motifs is 2. The molecule has 0 saturated heterocycles. The first kappa shape index (κ1) is 20.7. The number of rotatable bonds is 4. The number of hydrogen-bond donors (Lipinski definition) is 2. The van der Waals surface area contributed by atoms with Gasteiger partial charge in [-0.15, -0.1) is 0 Å². The molecule has 2 atom stereocenters. The molecule has 3 aromatic heterocycles. The summed E-state index contributed by atoms with van der Waals surface area (Å²) in [4.78, 5) is 30.9. The van der Waals surface area contributed by atoms with Gasteiger partial charge in [-0.1, -0.05) is 6.58 Å². The number of amides is 1. The van der Waals surface area contributed by atoms with Crippen molar-refractivity contribution in [2.75, 3.05) is 22.2 Å². The van der Waals surface area contributed by atoms with Gasteiger partial charge in [-0.2, -0.15) is 10.1 Å². The van der Waals surface area contributed by atoms with Crippen LogP contribution in [0.5, 0.6) is 0 Å². The van der Waals surface area contributed by atoms with Gasteiger partial charge < -0.3 is 20.9 Å². The molecule has 0 spiro atoms. The van der Waals surface area contributed by atoms with Crippen LogP contribution >= 0.6 is 0 Å². The summed E-state index contributed by atoms with van der Waals surface area (Å²) in [7, 11) is 2.00. The first-order chi connectivity index (χ1) is 16.8. The summed E-state index contributed by atoms with van der Waals surface area (Å²) in [6.07, 6.45) is 11.2. The number of anilines is 4. The highest BCUT2D eigenvalue weighted by Crippen LogP contribution is 2.65. The van der Waals surface area contributed by atoms with Gasteiger partial charge in [0.2, 0.25) is 11.9 Å². The minimum absolute atomic E-state index is 0.140. The number of nitrogens with one attached hydrogen (secondary N) is 1. The summed E-state index contributed by atoms with van der Waals surface area (Å²) in [6.45, 7) is 6.46. The number of nitrogens with two attached hydrogens (primary N) is 1. The largest absolute Gasteiger partial charge is 0.369 e. The third-order valence-electron chi connectivity index (χ3n) is 8.86. The highest BCUT2D eigenvalue weighted by atomic mass is 16.1. The lowest BCUT2D eigenvalue weighted by Gasteiger charge is -2.63. The quantitative estimate of drug-likeness (QED) is 0.596. The normalized spacial score (nSPS) is 30.9. The van der Waals surface area contributed by atoms with Crippen molar-refractivity contribution in [1.29, 1.82) is 0 Å². The lowest BCUT2D eigenvalue weighted by molar-refractivity contribution is -0.144. The van der Waals surface area contributed by atoms with Gasteiger partial charge in [-0.3, -0.25) is 4.79 Å². The van der Waals surface area contributed by atoms with E-state index in [0.717, 1.165) is 66.3 Å². The van der Waals surface area contributed by atoms with Crippen molar-refractivity contribution in [2.24, 2.45) is 23.0 Å².